The van der Waals surface area contributed by atoms with Crippen LogP contribution in [0.3, 0.4) is 0 Å². The molecule has 0 amide bonds. The number of rotatable bonds is 0. The Labute approximate surface area is 79.5 Å². The van der Waals surface area contributed by atoms with Crippen molar-refractivity contribution in [2.45, 2.75) is 27.7 Å². The lowest BCUT2D eigenvalue weighted by Gasteiger charge is -1.86. The number of hydrogen-bond donors (Lipinski definition) is 0. The highest BCUT2D eigenvalue weighted by Gasteiger charge is 1.86. The van der Waals surface area contributed by atoms with Crippen LogP contribution in [0.15, 0.2) is 31.0 Å². The van der Waals surface area contributed by atoms with Gasteiger partial charge in [0, 0.05) is 24.8 Å². The summed E-state index contributed by atoms with van der Waals surface area (Å²) in [5.74, 6) is 0. The van der Waals surface area contributed by atoms with Crippen molar-refractivity contribution < 1.29 is 0 Å². The highest BCUT2D eigenvalue weighted by atomic mass is 15.0. The van der Waals surface area contributed by atoms with Crippen LogP contribution in [0.1, 0.15) is 27.7 Å². The quantitative estimate of drug-likeness (QED) is 0.622. The number of fused-ring (bicyclic) bond motifs is 1. The summed E-state index contributed by atoms with van der Waals surface area (Å²) < 4.78 is 1.91. The molecule has 0 spiro atoms. The third kappa shape index (κ3) is 3.23. The predicted molar refractivity (Wildman–Crippen MR) is 55.7 cm³/mol. The average Bonchev–Trinajstić information content (AvgIpc) is 2.71. The Bertz CT molecular complexity index is 284. The van der Waals surface area contributed by atoms with E-state index in [9.17, 15) is 0 Å². The molecule has 0 saturated heterocycles. The lowest BCUT2D eigenvalue weighted by atomic mass is 10.7. The maximum Gasteiger partial charge on any atom is 0.155 e. The zero-order valence-electron chi connectivity index (χ0n) is 8.73. The van der Waals surface area contributed by atoms with Crippen molar-refractivity contribution in [2.24, 2.45) is 0 Å². The van der Waals surface area contributed by atoms with E-state index in [0.717, 1.165) is 5.65 Å². The van der Waals surface area contributed by atoms with Gasteiger partial charge in [-0.2, -0.15) is 0 Å². The summed E-state index contributed by atoms with van der Waals surface area (Å²) in [6.07, 6.45) is 8.95. The minimum atomic E-state index is 0.887. The van der Waals surface area contributed by atoms with Gasteiger partial charge >= 0.3 is 0 Å². The lowest BCUT2D eigenvalue weighted by molar-refractivity contribution is 1.13. The van der Waals surface area contributed by atoms with Gasteiger partial charge < -0.3 is 4.40 Å². The van der Waals surface area contributed by atoms with Crippen LogP contribution in [0.2, 0.25) is 0 Å². The van der Waals surface area contributed by atoms with Crippen LogP contribution < -0.4 is 0 Å². The molecule has 0 aliphatic carbocycles. The molecule has 2 rings (SSSR count). The van der Waals surface area contributed by atoms with Gasteiger partial charge in [0.25, 0.3) is 0 Å². The fourth-order valence-electron chi connectivity index (χ4n) is 0.771. The zero-order chi connectivity index (χ0) is 10.1. The van der Waals surface area contributed by atoms with E-state index < -0.39 is 0 Å². The van der Waals surface area contributed by atoms with Crippen molar-refractivity contribution in [1.82, 2.24) is 14.4 Å². The van der Waals surface area contributed by atoms with Crippen molar-refractivity contribution in [3.8, 4) is 0 Å². The molecule has 3 nitrogen and oxygen atoms in total. The SMILES string of the molecule is CC.CC.c1cn2ccnc2cn1. The molecule has 0 radical (unpaired) electrons. The van der Waals surface area contributed by atoms with Gasteiger partial charge in [0.2, 0.25) is 0 Å². The highest BCUT2D eigenvalue weighted by Crippen LogP contribution is 1.93. The van der Waals surface area contributed by atoms with E-state index in [0.29, 0.717) is 0 Å². The standard InChI is InChI=1S/C6H5N3.2C2H6/c1-3-9-4-2-8-6(9)5-7-1;2*1-2/h1-5H;2*1-2H3. The molecule has 72 valence electrons. The minimum Gasteiger partial charge on any atom is -0.304 e. The fraction of sp³-hybridized carbons (Fsp3) is 0.400. The zero-order valence-corrected chi connectivity index (χ0v) is 8.73. The molecule has 0 saturated carbocycles. The van der Waals surface area contributed by atoms with Crippen LogP contribution in [-0.2, 0) is 0 Å². The maximum atomic E-state index is 4.02. The van der Waals surface area contributed by atoms with E-state index in [1.807, 2.05) is 44.5 Å². The first kappa shape index (κ1) is 11.6. The lowest BCUT2D eigenvalue weighted by Crippen LogP contribution is -1.81. The molecule has 0 N–H and O–H groups in total. The first-order valence-corrected chi connectivity index (χ1v) is 4.69. The largest absolute Gasteiger partial charge is 0.304 e. The molecule has 2 aromatic rings. The van der Waals surface area contributed by atoms with Gasteiger partial charge in [0.1, 0.15) is 0 Å². The first-order chi connectivity index (χ1) is 6.47. The average molecular weight is 179 g/mol. The Morgan fingerprint density at radius 1 is 1.00 bits per heavy atom. The summed E-state index contributed by atoms with van der Waals surface area (Å²) in [6.45, 7) is 8.00. The topological polar surface area (TPSA) is 30.2 Å². The van der Waals surface area contributed by atoms with Gasteiger partial charge in [0.05, 0.1) is 6.20 Å². The monoisotopic (exact) mass is 179 g/mol. The molecule has 0 fully saturated rings. The van der Waals surface area contributed by atoms with Gasteiger partial charge in [-0.25, -0.2) is 4.98 Å². The third-order valence-corrected chi connectivity index (χ3v) is 1.20. The van der Waals surface area contributed by atoms with Crippen molar-refractivity contribution in [2.75, 3.05) is 0 Å². The van der Waals surface area contributed by atoms with E-state index in [1.54, 1.807) is 18.6 Å². The number of aromatic nitrogens is 3. The third-order valence-electron chi connectivity index (χ3n) is 1.20. The molecule has 0 aliphatic rings. The summed E-state index contributed by atoms with van der Waals surface area (Å²) in [5, 5.41) is 0. The Morgan fingerprint density at radius 2 is 1.62 bits per heavy atom. The fourth-order valence-corrected chi connectivity index (χ4v) is 0.771. The van der Waals surface area contributed by atoms with Gasteiger partial charge in [0.15, 0.2) is 5.65 Å². The molecule has 2 aromatic heterocycles. The molecule has 0 aromatic carbocycles. The molecular formula is C10H17N3. The molecule has 0 atom stereocenters. The van der Waals surface area contributed by atoms with Crippen LogP contribution in [0.4, 0.5) is 0 Å². The van der Waals surface area contributed by atoms with Gasteiger partial charge in [-0.15, -0.1) is 0 Å². The second-order valence-electron chi connectivity index (χ2n) is 1.77. The van der Waals surface area contributed by atoms with E-state index >= 15 is 0 Å². The van der Waals surface area contributed by atoms with Crippen molar-refractivity contribution in [3.63, 3.8) is 0 Å². The summed E-state index contributed by atoms with van der Waals surface area (Å²) in [7, 11) is 0. The summed E-state index contributed by atoms with van der Waals surface area (Å²) in [6, 6.07) is 0. The van der Waals surface area contributed by atoms with Crippen molar-refractivity contribution in [3.05, 3.63) is 31.0 Å². The normalized spacial score (nSPS) is 8.00. The molecule has 0 unspecified atom stereocenters. The summed E-state index contributed by atoms with van der Waals surface area (Å²) in [4.78, 5) is 7.92. The number of imidazole rings is 1. The van der Waals surface area contributed by atoms with Gasteiger partial charge in [-0.3, -0.25) is 4.98 Å². The van der Waals surface area contributed by atoms with E-state index in [1.165, 1.54) is 0 Å². The summed E-state index contributed by atoms with van der Waals surface area (Å²) >= 11 is 0. The molecule has 0 aliphatic heterocycles. The van der Waals surface area contributed by atoms with Gasteiger partial charge in [-0.1, -0.05) is 27.7 Å². The second kappa shape index (κ2) is 7.28. The molecule has 3 heteroatoms. The van der Waals surface area contributed by atoms with Gasteiger partial charge in [-0.05, 0) is 0 Å². The van der Waals surface area contributed by atoms with Crippen LogP contribution in [0.25, 0.3) is 5.65 Å². The Hall–Kier alpha value is -1.38. The van der Waals surface area contributed by atoms with E-state index in [4.69, 9.17) is 0 Å². The molecule has 13 heavy (non-hydrogen) atoms. The summed E-state index contributed by atoms with van der Waals surface area (Å²) in [5.41, 5.74) is 0.887. The highest BCUT2D eigenvalue weighted by molar-refractivity contribution is 5.33. The van der Waals surface area contributed by atoms with Crippen molar-refractivity contribution >= 4 is 5.65 Å². The minimum absolute atomic E-state index is 0.887. The Morgan fingerprint density at radius 3 is 2.23 bits per heavy atom. The van der Waals surface area contributed by atoms with Crippen molar-refractivity contribution in [1.29, 1.82) is 0 Å². The first-order valence-electron chi connectivity index (χ1n) is 4.69. The van der Waals surface area contributed by atoms with Crippen LogP contribution in [-0.4, -0.2) is 14.4 Å². The van der Waals surface area contributed by atoms with Crippen LogP contribution >= 0.6 is 0 Å². The van der Waals surface area contributed by atoms with E-state index in [2.05, 4.69) is 9.97 Å². The predicted octanol–water partition coefficient (Wildman–Crippen LogP) is 2.78. The maximum absolute atomic E-state index is 4.02. The van der Waals surface area contributed by atoms with Crippen LogP contribution in [0, 0.1) is 0 Å². The van der Waals surface area contributed by atoms with E-state index in [-0.39, 0.29) is 0 Å². The van der Waals surface area contributed by atoms with Crippen LogP contribution in [0.5, 0.6) is 0 Å². The molecule has 2 heterocycles. The molecular weight excluding hydrogens is 162 g/mol. The number of nitrogens with zero attached hydrogens (tertiary/aromatic N) is 3. The Kier molecular flexibility index (Phi) is 6.51. The second-order valence-corrected chi connectivity index (χ2v) is 1.77. The smallest absolute Gasteiger partial charge is 0.155 e. The Balaban J connectivity index is 0.000000322. The number of hydrogen-bond acceptors (Lipinski definition) is 2. The molecule has 0 bridgehead atoms.